The Morgan fingerprint density at radius 1 is 1.31 bits per heavy atom. The summed E-state index contributed by atoms with van der Waals surface area (Å²) in [4.78, 5) is 0. The predicted octanol–water partition coefficient (Wildman–Crippen LogP) is 5.17. The third-order valence-corrected chi connectivity index (χ3v) is 3.62. The summed E-state index contributed by atoms with van der Waals surface area (Å²) < 4.78 is 6.15. The van der Waals surface area contributed by atoms with Crippen LogP contribution in [0.4, 0.5) is 0 Å². The van der Waals surface area contributed by atoms with Gasteiger partial charge in [-0.1, -0.05) is 19.9 Å². The molecule has 90 valence electrons. The first-order chi connectivity index (χ1) is 7.54. The molecule has 16 heavy (non-hydrogen) atoms. The van der Waals surface area contributed by atoms with Crippen LogP contribution in [0.15, 0.2) is 22.7 Å². The smallest absolute Gasteiger partial charge is 0.133 e. The zero-order valence-corrected chi connectivity index (χ0v) is 12.3. The topological polar surface area (TPSA) is 9.23 Å². The largest absolute Gasteiger partial charge is 0.496 e. The molecule has 0 heterocycles. The fourth-order valence-corrected chi connectivity index (χ4v) is 2.34. The molecule has 3 heteroatoms. The zero-order chi connectivity index (χ0) is 12.1. The van der Waals surface area contributed by atoms with E-state index < -0.39 is 0 Å². The van der Waals surface area contributed by atoms with E-state index in [0.29, 0.717) is 5.92 Å². The van der Waals surface area contributed by atoms with Gasteiger partial charge in [-0.2, -0.15) is 0 Å². The van der Waals surface area contributed by atoms with Gasteiger partial charge in [0.25, 0.3) is 0 Å². The van der Waals surface area contributed by atoms with Gasteiger partial charge >= 0.3 is 0 Å². The third-order valence-electron chi connectivity index (χ3n) is 2.54. The summed E-state index contributed by atoms with van der Waals surface area (Å²) >= 11 is 9.83. The van der Waals surface area contributed by atoms with Crippen LogP contribution in [0.25, 0.3) is 0 Å². The molecule has 0 aliphatic carbocycles. The first-order valence-corrected chi connectivity index (χ1v) is 6.75. The molecule has 1 rings (SSSR count). The van der Waals surface area contributed by atoms with Gasteiger partial charge in [0.1, 0.15) is 5.75 Å². The molecule has 0 spiro atoms. The van der Waals surface area contributed by atoms with E-state index in [9.17, 15) is 0 Å². The van der Waals surface area contributed by atoms with E-state index in [4.69, 9.17) is 16.3 Å². The van der Waals surface area contributed by atoms with Gasteiger partial charge in [-0.3, -0.25) is 0 Å². The number of benzene rings is 1. The molecular formula is C13H18BrClO. The lowest BCUT2D eigenvalue weighted by atomic mass is 10.0. The molecule has 0 aliphatic heterocycles. The van der Waals surface area contributed by atoms with Gasteiger partial charge in [0.15, 0.2) is 0 Å². The van der Waals surface area contributed by atoms with E-state index >= 15 is 0 Å². The van der Waals surface area contributed by atoms with Crippen LogP contribution in [0.5, 0.6) is 5.75 Å². The number of ether oxygens (including phenoxy) is 1. The fourth-order valence-electron chi connectivity index (χ4n) is 1.52. The highest BCUT2D eigenvalue weighted by molar-refractivity contribution is 9.10. The van der Waals surface area contributed by atoms with E-state index in [1.165, 1.54) is 0 Å². The lowest BCUT2D eigenvalue weighted by Gasteiger charge is -2.13. The Labute approximate surface area is 111 Å². The zero-order valence-electron chi connectivity index (χ0n) is 9.97. The summed E-state index contributed by atoms with van der Waals surface area (Å²) in [6.07, 6.45) is 2.16. The Morgan fingerprint density at radius 3 is 2.50 bits per heavy atom. The molecule has 1 aromatic rings. The molecule has 0 radical (unpaired) electrons. The standard InChI is InChI=1S/C13H18BrClO/c1-9(2)4-6-12(15)10-5-7-13(16-3)11(14)8-10/h5,7-9,12H,4,6H2,1-3H3. The van der Waals surface area contributed by atoms with Gasteiger partial charge in [-0.15, -0.1) is 11.6 Å². The van der Waals surface area contributed by atoms with Crippen LogP contribution in [-0.4, -0.2) is 7.11 Å². The maximum absolute atomic E-state index is 6.36. The van der Waals surface area contributed by atoms with Crippen molar-refractivity contribution in [1.82, 2.24) is 0 Å². The molecule has 0 aliphatic rings. The van der Waals surface area contributed by atoms with Crippen LogP contribution in [0.3, 0.4) is 0 Å². The molecular weight excluding hydrogens is 287 g/mol. The lowest BCUT2D eigenvalue weighted by Crippen LogP contribution is -1.95. The van der Waals surface area contributed by atoms with Crippen molar-refractivity contribution >= 4 is 27.5 Å². The molecule has 0 saturated heterocycles. The predicted molar refractivity (Wildman–Crippen MR) is 73.4 cm³/mol. The number of methoxy groups -OCH3 is 1. The number of halogens is 2. The maximum Gasteiger partial charge on any atom is 0.133 e. The summed E-state index contributed by atoms with van der Waals surface area (Å²) in [5, 5.41) is 0.0876. The highest BCUT2D eigenvalue weighted by Gasteiger charge is 2.10. The fraction of sp³-hybridized carbons (Fsp3) is 0.538. The normalized spacial score (nSPS) is 12.9. The highest BCUT2D eigenvalue weighted by atomic mass is 79.9. The molecule has 0 amide bonds. The van der Waals surface area contributed by atoms with Gasteiger partial charge < -0.3 is 4.74 Å². The second-order valence-electron chi connectivity index (χ2n) is 4.33. The van der Waals surface area contributed by atoms with Crippen molar-refractivity contribution < 1.29 is 4.74 Å². The summed E-state index contributed by atoms with van der Waals surface area (Å²) in [5.41, 5.74) is 1.15. The molecule has 0 saturated carbocycles. The summed E-state index contributed by atoms with van der Waals surface area (Å²) in [7, 11) is 1.66. The minimum Gasteiger partial charge on any atom is -0.496 e. The van der Waals surface area contributed by atoms with Crippen LogP contribution in [0.2, 0.25) is 0 Å². The molecule has 0 aromatic heterocycles. The SMILES string of the molecule is COc1ccc(C(Cl)CCC(C)C)cc1Br. The Bertz CT molecular complexity index is 339. The van der Waals surface area contributed by atoms with Gasteiger partial charge in [0.05, 0.1) is 17.0 Å². The molecule has 0 bridgehead atoms. The molecule has 1 nitrogen and oxygen atoms in total. The molecule has 0 N–H and O–H groups in total. The van der Waals surface area contributed by atoms with Crippen LogP contribution < -0.4 is 4.74 Å². The summed E-state index contributed by atoms with van der Waals surface area (Å²) in [5.74, 6) is 1.54. The minimum absolute atomic E-state index is 0.0876. The van der Waals surface area contributed by atoms with Gasteiger partial charge in [-0.25, -0.2) is 0 Å². The van der Waals surface area contributed by atoms with E-state index in [0.717, 1.165) is 28.6 Å². The first-order valence-electron chi connectivity index (χ1n) is 5.52. The lowest BCUT2D eigenvalue weighted by molar-refractivity contribution is 0.412. The van der Waals surface area contributed by atoms with Crippen LogP contribution >= 0.6 is 27.5 Å². The molecule has 0 fully saturated rings. The van der Waals surface area contributed by atoms with E-state index in [-0.39, 0.29) is 5.38 Å². The number of rotatable bonds is 5. The quantitative estimate of drug-likeness (QED) is 0.682. The van der Waals surface area contributed by atoms with Crippen molar-refractivity contribution in [2.75, 3.05) is 7.11 Å². The monoisotopic (exact) mass is 304 g/mol. The van der Waals surface area contributed by atoms with E-state index in [1.807, 2.05) is 18.2 Å². The first kappa shape index (κ1) is 13.9. The Hall–Kier alpha value is -0.210. The number of alkyl halides is 1. The number of hydrogen-bond donors (Lipinski definition) is 0. The van der Waals surface area contributed by atoms with E-state index in [1.54, 1.807) is 7.11 Å². The van der Waals surface area contributed by atoms with Gasteiger partial charge in [-0.05, 0) is 52.4 Å². The Balaban J connectivity index is 2.69. The minimum atomic E-state index is 0.0876. The summed E-state index contributed by atoms with van der Waals surface area (Å²) in [6.45, 7) is 4.43. The number of hydrogen-bond acceptors (Lipinski definition) is 1. The second kappa shape index (κ2) is 6.51. The maximum atomic E-state index is 6.36. The second-order valence-corrected chi connectivity index (χ2v) is 5.71. The van der Waals surface area contributed by atoms with Crippen LogP contribution in [0.1, 0.15) is 37.6 Å². The van der Waals surface area contributed by atoms with Crippen molar-refractivity contribution in [2.24, 2.45) is 5.92 Å². The average molecular weight is 306 g/mol. The van der Waals surface area contributed by atoms with Crippen LogP contribution in [0, 0.1) is 5.92 Å². The Kier molecular flexibility index (Phi) is 5.63. The molecule has 1 unspecified atom stereocenters. The molecule has 1 aromatic carbocycles. The van der Waals surface area contributed by atoms with Crippen molar-refractivity contribution in [3.63, 3.8) is 0 Å². The van der Waals surface area contributed by atoms with Crippen molar-refractivity contribution in [3.8, 4) is 5.75 Å². The van der Waals surface area contributed by atoms with E-state index in [2.05, 4.69) is 29.8 Å². The van der Waals surface area contributed by atoms with Gasteiger partial charge in [0, 0.05) is 0 Å². The van der Waals surface area contributed by atoms with Crippen molar-refractivity contribution in [2.45, 2.75) is 32.1 Å². The third kappa shape index (κ3) is 3.99. The van der Waals surface area contributed by atoms with Gasteiger partial charge in [0.2, 0.25) is 0 Å². The Morgan fingerprint density at radius 2 is 2.00 bits per heavy atom. The van der Waals surface area contributed by atoms with Crippen molar-refractivity contribution in [1.29, 1.82) is 0 Å². The summed E-state index contributed by atoms with van der Waals surface area (Å²) in [6, 6.07) is 6.02. The average Bonchev–Trinajstić information content (AvgIpc) is 2.25. The molecule has 1 atom stereocenters. The van der Waals surface area contributed by atoms with Crippen LogP contribution in [-0.2, 0) is 0 Å². The highest BCUT2D eigenvalue weighted by Crippen LogP contribution is 2.33. The van der Waals surface area contributed by atoms with Crippen molar-refractivity contribution in [3.05, 3.63) is 28.2 Å².